The van der Waals surface area contributed by atoms with Gasteiger partial charge in [-0.05, 0) is 38.5 Å². The summed E-state index contributed by atoms with van der Waals surface area (Å²) in [5.41, 5.74) is -0.538. The fourth-order valence-corrected chi connectivity index (χ4v) is 3.91. The van der Waals surface area contributed by atoms with Gasteiger partial charge in [-0.2, -0.15) is 4.31 Å². The summed E-state index contributed by atoms with van der Waals surface area (Å²) in [6, 6.07) is 0. The molecule has 0 aromatic heterocycles. The van der Waals surface area contributed by atoms with Gasteiger partial charge in [0, 0.05) is 11.1 Å². The molecule has 0 spiro atoms. The van der Waals surface area contributed by atoms with E-state index in [0.717, 1.165) is 12.8 Å². The third-order valence-electron chi connectivity index (χ3n) is 5.00. The predicted molar refractivity (Wildman–Crippen MR) is 79.7 cm³/mol. The number of hydrogen-bond acceptors (Lipinski definition) is 1. The van der Waals surface area contributed by atoms with Crippen LogP contribution in [0.5, 0.6) is 0 Å². The van der Waals surface area contributed by atoms with Crippen LogP contribution in [0.15, 0.2) is 0 Å². The minimum atomic E-state index is -1.95. The molecule has 0 aliphatic heterocycles. The maximum Gasteiger partial charge on any atom is 0.235 e. The standard InChI is InChI=1S/C14H31NO2S/c1-9-13(7,11(3)4)15(18(16)17)14(8,10-2)12(5)6/h11-12H,9-10H2,1-8H3,(H,16,17). The van der Waals surface area contributed by atoms with Gasteiger partial charge in [0.1, 0.15) is 0 Å². The van der Waals surface area contributed by atoms with Crippen LogP contribution in [0.4, 0.5) is 0 Å². The largest absolute Gasteiger partial charge is 0.294 e. The molecule has 3 atom stereocenters. The molecule has 0 aliphatic rings. The van der Waals surface area contributed by atoms with Gasteiger partial charge in [0.05, 0.1) is 0 Å². The van der Waals surface area contributed by atoms with Crippen LogP contribution in [-0.2, 0) is 11.3 Å². The average molecular weight is 277 g/mol. The van der Waals surface area contributed by atoms with E-state index < -0.39 is 11.3 Å². The Labute approximate surface area is 116 Å². The van der Waals surface area contributed by atoms with E-state index in [9.17, 15) is 8.76 Å². The van der Waals surface area contributed by atoms with Gasteiger partial charge in [0.15, 0.2) is 0 Å². The maximum absolute atomic E-state index is 12.0. The molecule has 1 N–H and O–H groups in total. The molecule has 0 aromatic rings. The Morgan fingerprint density at radius 2 is 1.28 bits per heavy atom. The van der Waals surface area contributed by atoms with Crippen molar-refractivity contribution >= 4 is 11.3 Å². The highest BCUT2D eigenvalue weighted by atomic mass is 32.2. The first kappa shape index (κ1) is 18.1. The zero-order chi connectivity index (χ0) is 14.7. The summed E-state index contributed by atoms with van der Waals surface area (Å²) in [6.45, 7) is 16.9. The lowest BCUT2D eigenvalue weighted by molar-refractivity contribution is 0.0153. The molecule has 0 heterocycles. The zero-order valence-corrected chi connectivity index (χ0v) is 14.1. The third kappa shape index (κ3) is 3.14. The van der Waals surface area contributed by atoms with Gasteiger partial charge in [-0.25, -0.2) is 4.21 Å². The van der Waals surface area contributed by atoms with E-state index in [2.05, 4.69) is 55.4 Å². The SMILES string of the molecule is CCC(C)(C(C)C)N(S(=O)O)C(C)(CC)C(C)C. The lowest BCUT2D eigenvalue weighted by atomic mass is 9.78. The second kappa shape index (κ2) is 6.49. The van der Waals surface area contributed by atoms with Gasteiger partial charge in [-0.1, -0.05) is 41.5 Å². The van der Waals surface area contributed by atoms with Crippen molar-refractivity contribution in [1.82, 2.24) is 4.31 Å². The summed E-state index contributed by atoms with van der Waals surface area (Å²) in [4.78, 5) is 0. The van der Waals surface area contributed by atoms with Gasteiger partial charge in [-0.15, -0.1) is 0 Å². The van der Waals surface area contributed by atoms with Crippen LogP contribution in [-0.4, -0.2) is 24.1 Å². The minimum absolute atomic E-state index is 0.269. The van der Waals surface area contributed by atoms with Crippen molar-refractivity contribution in [2.75, 3.05) is 0 Å². The first-order chi connectivity index (χ1) is 8.07. The highest BCUT2D eigenvalue weighted by Gasteiger charge is 2.48. The first-order valence-corrected chi connectivity index (χ1v) is 8.05. The quantitative estimate of drug-likeness (QED) is 0.712. The first-order valence-electron chi connectivity index (χ1n) is 6.99. The van der Waals surface area contributed by atoms with Crippen molar-refractivity contribution in [3.8, 4) is 0 Å². The van der Waals surface area contributed by atoms with Crippen molar-refractivity contribution in [2.45, 2.75) is 79.3 Å². The normalized spacial score (nSPS) is 21.1. The number of hydrogen-bond donors (Lipinski definition) is 1. The Morgan fingerprint density at radius 3 is 1.39 bits per heavy atom. The molecule has 0 rings (SSSR count). The van der Waals surface area contributed by atoms with Crippen LogP contribution in [0.25, 0.3) is 0 Å². The molecule has 0 fully saturated rings. The van der Waals surface area contributed by atoms with Crippen molar-refractivity contribution in [1.29, 1.82) is 0 Å². The summed E-state index contributed by atoms with van der Waals surface area (Å²) in [6.07, 6.45) is 1.72. The average Bonchev–Trinajstić information content (AvgIpc) is 2.27. The summed E-state index contributed by atoms with van der Waals surface area (Å²) in [5, 5.41) is 0. The fraction of sp³-hybridized carbons (Fsp3) is 1.00. The molecule has 0 bridgehead atoms. The van der Waals surface area contributed by atoms with Gasteiger partial charge < -0.3 is 0 Å². The monoisotopic (exact) mass is 277 g/mol. The fourth-order valence-electron chi connectivity index (χ4n) is 2.51. The Hall–Kier alpha value is 0.0700. The van der Waals surface area contributed by atoms with Crippen molar-refractivity contribution in [2.24, 2.45) is 11.8 Å². The summed E-state index contributed by atoms with van der Waals surface area (Å²) < 4.78 is 23.6. The molecule has 0 saturated carbocycles. The van der Waals surface area contributed by atoms with Crippen LogP contribution >= 0.6 is 0 Å². The summed E-state index contributed by atoms with van der Waals surface area (Å²) in [5.74, 6) is 0.645. The summed E-state index contributed by atoms with van der Waals surface area (Å²) >= 11 is -1.95. The van der Waals surface area contributed by atoms with Crippen molar-refractivity contribution < 1.29 is 8.76 Å². The van der Waals surface area contributed by atoms with E-state index in [-0.39, 0.29) is 11.1 Å². The van der Waals surface area contributed by atoms with Crippen LogP contribution in [0.1, 0.15) is 68.2 Å². The van der Waals surface area contributed by atoms with Crippen LogP contribution in [0, 0.1) is 11.8 Å². The molecule has 0 radical (unpaired) electrons. The molecule has 18 heavy (non-hydrogen) atoms. The predicted octanol–water partition coefficient (Wildman–Crippen LogP) is 4.07. The van der Waals surface area contributed by atoms with E-state index in [1.54, 1.807) is 0 Å². The second-order valence-electron chi connectivity index (χ2n) is 6.26. The molecule has 0 aromatic carbocycles. The molecular weight excluding hydrogens is 246 g/mol. The smallest absolute Gasteiger partial charge is 0.235 e. The minimum Gasteiger partial charge on any atom is -0.294 e. The molecule has 4 heteroatoms. The molecular formula is C14H31NO2S. The van der Waals surface area contributed by atoms with Crippen molar-refractivity contribution in [3.63, 3.8) is 0 Å². The Bertz CT molecular complexity index is 272. The van der Waals surface area contributed by atoms with Crippen LogP contribution in [0.3, 0.4) is 0 Å². The van der Waals surface area contributed by atoms with E-state index in [1.165, 1.54) is 0 Å². The zero-order valence-electron chi connectivity index (χ0n) is 13.3. The summed E-state index contributed by atoms with van der Waals surface area (Å²) in [7, 11) is 0. The van der Waals surface area contributed by atoms with Crippen LogP contribution in [0.2, 0.25) is 0 Å². The number of rotatable bonds is 7. The maximum atomic E-state index is 12.0. The lowest BCUT2D eigenvalue weighted by Crippen LogP contribution is -2.62. The molecule has 3 unspecified atom stereocenters. The highest BCUT2D eigenvalue weighted by molar-refractivity contribution is 7.76. The van der Waals surface area contributed by atoms with Gasteiger partial charge >= 0.3 is 0 Å². The van der Waals surface area contributed by atoms with Gasteiger partial charge in [0.2, 0.25) is 11.3 Å². The molecule has 0 saturated heterocycles. The number of nitrogens with zero attached hydrogens (tertiary/aromatic N) is 1. The van der Waals surface area contributed by atoms with Gasteiger partial charge in [-0.3, -0.25) is 4.55 Å². The Morgan fingerprint density at radius 1 is 1.00 bits per heavy atom. The third-order valence-corrected chi connectivity index (χ3v) is 6.15. The van der Waals surface area contributed by atoms with Gasteiger partial charge in [0.25, 0.3) is 0 Å². The molecule has 0 aliphatic carbocycles. The molecule has 3 nitrogen and oxygen atoms in total. The van der Waals surface area contributed by atoms with E-state index in [4.69, 9.17) is 0 Å². The topological polar surface area (TPSA) is 40.5 Å². The Balaban J connectivity index is 5.77. The highest BCUT2D eigenvalue weighted by Crippen LogP contribution is 2.40. The van der Waals surface area contributed by atoms with E-state index in [0.29, 0.717) is 11.8 Å². The van der Waals surface area contributed by atoms with E-state index in [1.807, 2.05) is 4.31 Å². The molecule has 110 valence electrons. The van der Waals surface area contributed by atoms with Crippen LogP contribution < -0.4 is 0 Å². The Kier molecular flexibility index (Phi) is 6.51. The lowest BCUT2D eigenvalue weighted by Gasteiger charge is -2.52. The second-order valence-corrected chi connectivity index (χ2v) is 7.08. The molecule has 0 amide bonds. The van der Waals surface area contributed by atoms with E-state index >= 15 is 0 Å². The van der Waals surface area contributed by atoms with Crippen molar-refractivity contribution in [3.05, 3.63) is 0 Å².